The van der Waals surface area contributed by atoms with Gasteiger partial charge in [0.15, 0.2) is 0 Å². The summed E-state index contributed by atoms with van der Waals surface area (Å²) < 4.78 is 42.4. The molecule has 1 heterocycles. The summed E-state index contributed by atoms with van der Waals surface area (Å²) in [6, 6.07) is 8.94. The van der Waals surface area contributed by atoms with E-state index in [0.717, 1.165) is 5.56 Å². The Labute approximate surface area is 157 Å². The second-order valence-corrected chi connectivity index (χ2v) is 8.17. The van der Waals surface area contributed by atoms with Crippen LogP contribution in [0.3, 0.4) is 0 Å². The predicted molar refractivity (Wildman–Crippen MR) is 98.3 cm³/mol. The number of hydrogen-bond acceptors (Lipinski definition) is 4. The fourth-order valence-electron chi connectivity index (χ4n) is 3.25. The van der Waals surface area contributed by atoms with Crippen LogP contribution in [-0.2, 0) is 14.8 Å². The third-order valence-corrected chi connectivity index (χ3v) is 5.71. The van der Waals surface area contributed by atoms with Crippen LogP contribution in [0, 0.1) is 19.7 Å². The summed E-state index contributed by atoms with van der Waals surface area (Å²) in [5, 5.41) is 5.26. The number of hydrogen-bond donors (Lipinski definition) is 1. The van der Waals surface area contributed by atoms with Crippen molar-refractivity contribution in [1.82, 2.24) is 4.90 Å². The smallest absolute Gasteiger partial charge is 0.254 e. The van der Waals surface area contributed by atoms with Gasteiger partial charge in [0.2, 0.25) is 10.0 Å². The van der Waals surface area contributed by atoms with Crippen LogP contribution >= 0.6 is 0 Å². The van der Waals surface area contributed by atoms with Gasteiger partial charge in [-0.15, -0.1) is 0 Å². The normalized spacial score (nSPS) is 17.8. The molecule has 0 bridgehead atoms. The van der Waals surface area contributed by atoms with E-state index in [9.17, 15) is 17.6 Å². The maximum Gasteiger partial charge on any atom is 0.254 e. The SMILES string of the molecule is Cc1cc(C)c(S(N)(=O)=O)cc1C(=O)N1CCO[C@@H](c2ccc(F)cc2)C1. The molecule has 1 atom stereocenters. The first kappa shape index (κ1) is 19.5. The standard InChI is InChI=1S/C19H21FN2O4S/c1-12-9-13(2)18(27(21,24)25)10-16(12)19(23)22-7-8-26-17(11-22)14-3-5-15(20)6-4-14/h3-6,9-10,17H,7-8,11H2,1-2H3,(H2,21,24,25)/t17-/m1/s1. The van der Waals surface area contributed by atoms with Crippen molar-refractivity contribution in [2.45, 2.75) is 24.8 Å². The minimum atomic E-state index is -3.93. The molecular formula is C19H21FN2O4S. The van der Waals surface area contributed by atoms with Gasteiger partial charge < -0.3 is 9.64 Å². The van der Waals surface area contributed by atoms with Crippen molar-refractivity contribution < 1.29 is 22.3 Å². The molecule has 8 heteroatoms. The van der Waals surface area contributed by atoms with Crippen molar-refractivity contribution in [2.24, 2.45) is 5.14 Å². The van der Waals surface area contributed by atoms with E-state index < -0.39 is 10.0 Å². The Kier molecular flexibility index (Phi) is 5.32. The molecule has 144 valence electrons. The molecule has 0 saturated carbocycles. The molecule has 2 N–H and O–H groups in total. The lowest BCUT2D eigenvalue weighted by molar-refractivity contribution is -0.0228. The van der Waals surface area contributed by atoms with E-state index in [1.165, 1.54) is 18.2 Å². The monoisotopic (exact) mass is 392 g/mol. The van der Waals surface area contributed by atoms with Gasteiger partial charge >= 0.3 is 0 Å². The molecular weight excluding hydrogens is 371 g/mol. The lowest BCUT2D eigenvalue weighted by Crippen LogP contribution is -2.42. The van der Waals surface area contributed by atoms with Crippen molar-refractivity contribution >= 4 is 15.9 Å². The lowest BCUT2D eigenvalue weighted by atomic mass is 10.0. The highest BCUT2D eigenvalue weighted by Crippen LogP contribution is 2.26. The molecule has 1 amide bonds. The Morgan fingerprint density at radius 2 is 1.85 bits per heavy atom. The van der Waals surface area contributed by atoms with Crippen molar-refractivity contribution in [2.75, 3.05) is 19.7 Å². The molecule has 0 aromatic heterocycles. The number of rotatable bonds is 3. The summed E-state index contributed by atoms with van der Waals surface area (Å²) in [7, 11) is -3.93. The van der Waals surface area contributed by atoms with Crippen molar-refractivity contribution in [1.29, 1.82) is 0 Å². The van der Waals surface area contributed by atoms with Crippen molar-refractivity contribution in [3.8, 4) is 0 Å². The summed E-state index contributed by atoms with van der Waals surface area (Å²) in [5.41, 5.74) is 2.25. The van der Waals surface area contributed by atoms with Crippen LogP contribution in [0.1, 0.15) is 33.2 Å². The van der Waals surface area contributed by atoms with Gasteiger partial charge in [-0.3, -0.25) is 4.79 Å². The van der Waals surface area contributed by atoms with Crippen LogP contribution in [0.4, 0.5) is 4.39 Å². The lowest BCUT2D eigenvalue weighted by Gasteiger charge is -2.33. The number of morpholine rings is 1. The molecule has 1 aliphatic heterocycles. The first-order valence-electron chi connectivity index (χ1n) is 8.47. The molecule has 2 aromatic carbocycles. The summed E-state index contributed by atoms with van der Waals surface area (Å²) >= 11 is 0. The molecule has 6 nitrogen and oxygen atoms in total. The highest BCUT2D eigenvalue weighted by molar-refractivity contribution is 7.89. The van der Waals surface area contributed by atoms with E-state index in [1.807, 2.05) is 0 Å². The number of aryl methyl sites for hydroxylation is 2. The number of benzene rings is 2. The van der Waals surface area contributed by atoms with E-state index in [-0.39, 0.29) is 22.7 Å². The number of carbonyl (C=O) groups is 1. The van der Waals surface area contributed by atoms with Crippen LogP contribution in [0.25, 0.3) is 0 Å². The molecule has 0 spiro atoms. The maximum atomic E-state index is 13.1. The number of nitrogens with zero attached hydrogens (tertiary/aromatic N) is 1. The van der Waals surface area contributed by atoms with Crippen LogP contribution in [0.2, 0.25) is 0 Å². The Bertz CT molecular complexity index is 974. The molecule has 1 fully saturated rings. The van der Waals surface area contributed by atoms with E-state index in [4.69, 9.17) is 9.88 Å². The number of amides is 1. The first-order valence-corrected chi connectivity index (χ1v) is 10.0. The molecule has 1 aliphatic rings. The molecule has 1 saturated heterocycles. The fraction of sp³-hybridized carbons (Fsp3) is 0.316. The number of sulfonamides is 1. The van der Waals surface area contributed by atoms with Crippen molar-refractivity contribution in [3.63, 3.8) is 0 Å². The quantitative estimate of drug-likeness (QED) is 0.868. The third-order valence-electron chi connectivity index (χ3n) is 4.65. The Morgan fingerprint density at radius 3 is 2.48 bits per heavy atom. The van der Waals surface area contributed by atoms with Gasteiger partial charge in [0.05, 0.1) is 18.0 Å². The zero-order valence-corrected chi connectivity index (χ0v) is 15.9. The fourth-order valence-corrected chi connectivity index (χ4v) is 4.04. The van der Waals surface area contributed by atoms with Gasteiger partial charge in [0, 0.05) is 12.1 Å². The first-order chi connectivity index (χ1) is 12.7. The number of carbonyl (C=O) groups excluding carboxylic acids is 1. The molecule has 0 unspecified atom stereocenters. The average Bonchev–Trinajstić information content (AvgIpc) is 2.61. The van der Waals surface area contributed by atoms with Crippen LogP contribution < -0.4 is 5.14 Å². The van der Waals surface area contributed by atoms with Crippen LogP contribution in [0.15, 0.2) is 41.3 Å². The van der Waals surface area contributed by atoms with Gasteiger partial charge in [0.25, 0.3) is 5.91 Å². The minimum absolute atomic E-state index is 0.0557. The Balaban J connectivity index is 1.88. The van der Waals surface area contributed by atoms with Crippen molar-refractivity contribution in [3.05, 3.63) is 64.5 Å². The highest BCUT2D eigenvalue weighted by Gasteiger charge is 2.28. The van der Waals surface area contributed by atoms with E-state index in [0.29, 0.717) is 36.4 Å². The number of halogens is 1. The zero-order chi connectivity index (χ0) is 19.8. The third kappa shape index (κ3) is 4.18. The number of nitrogens with two attached hydrogens (primary N) is 1. The van der Waals surface area contributed by atoms with Gasteiger partial charge in [0.1, 0.15) is 11.9 Å². The summed E-state index contributed by atoms with van der Waals surface area (Å²) in [4.78, 5) is 14.6. The second-order valence-electron chi connectivity index (χ2n) is 6.64. The zero-order valence-electron chi connectivity index (χ0n) is 15.1. The van der Waals surface area contributed by atoms with Gasteiger partial charge in [-0.1, -0.05) is 18.2 Å². The van der Waals surface area contributed by atoms with Crippen LogP contribution in [0.5, 0.6) is 0 Å². The van der Waals surface area contributed by atoms with E-state index >= 15 is 0 Å². The summed E-state index contributed by atoms with van der Waals surface area (Å²) in [6.45, 7) is 4.41. The summed E-state index contributed by atoms with van der Waals surface area (Å²) in [6.07, 6.45) is -0.369. The highest BCUT2D eigenvalue weighted by atomic mass is 32.2. The molecule has 3 rings (SSSR count). The van der Waals surface area contributed by atoms with Gasteiger partial charge in [-0.05, 0) is 48.7 Å². The molecule has 0 radical (unpaired) electrons. The predicted octanol–water partition coefficient (Wildman–Crippen LogP) is 2.30. The number of ether oxygens (including phenoxy) is 1. The number of primary sulfonamides is 1. The second kappa shape index (κ2) is 7.38. The van der Waals surface area contributed by atoms with Gasteiger partial charge in [-0.25, -0.2) is 17.9 Å². The van der Waals surface area contributed by atoms with Crippen LogP contribution in [-0.4, -0.2) is 38.9 Å². The summed E-state index contributed by atoms with van der Waals surface area (Å²) in [5.74, 6) is -0.624. The van der Waals surface area contributed by atoms with Gasteiger partial charge in [-0.2, -0.15) is 0 Å². The Hall–Kier alpha value is -2.29. The maximum absolute atomic E-state index is 13.1. The van der Waals surface area contributed by atoms with E-state index in [1.54, 1.807) is 36.9 Å². The molecule has 2 aromatic rings. The minimum Gasteiger partial charge on any atom is -0.370 e. The largest absolute Gasteiger partial charge is 0.370 e. The molecule has 0 aliphatic carbocycles. The topological polar surface area (TPSA) is 89.7 Å². The average molecular weight is 392 g/mol. The molecule has 27 heavy (non-hydrogen) atoms. The Morgan fingerprint density at radius 1 is 1.19 bits per heavy atom. The van der Waals surface area contributed by atoms with E-state index in [2.05, 4.69) is 0 Å².